The Morgan fingerprint density at radius 3 is 2.50 bits per heavy atom. The number of benzene rings is 1. The molecular formula is C15H19ClINO2. The van der Waals surface area contributed by atoms with Crippen molar-refractivity contribution in [2.75, 3.05) is 14.1 Å². The average molecular weight is 408 g/mol. The number of carbonyl (C=O) groups is 1. The Morgan fingerprint density at radius 1 is 1.40 bits per heavy atom. The van der Waals surface area contributed by atoms with Crippen LogP contribution in [0.3, 0.4) is 0 Å². The molecule has 0 aliphatic rings. The fourth-order valence-corrected chi connectivity index (χ4v) is 2.54. The summed E-state index contributed by atoms with van der Waals surface area (Å²) >= 11 is 8.37. The quantitative estimate of drug-likeness (QED) is 0.412. The highest BCUT2D eigenvalue weighted by atomic mass is 127. The maximum Gasteiger partial charge on any atom is 0.191 e. The van der Waals surface area contributed by atoms with E-state index in [0.717, 1.165) is 3.57 Å². The van der Waals surface area contributed by atoms with Crippen molar-refractivity contribution in [1.29, 1.82) is 0 Å². The van der Waals surface area contributed by atoms with E-state index >= 15 is 0 Å². The van der Waals surface area contributed by atoms with Gasteiger partial charge in [0, 0.05) is 37.5 Å². The highest BCUT2D eigenvalue weighted by Crippen LogP contribution is 2.30. The molecule has 20 heavy (non-hydrogen) atoms. The Kier molecular flexibility index (Phi) is 6.33. The van der Waals surface area contributed by atoms with E-state index in [4.69, 9.17) is 16.3 Å². The van der Waals surface area contributed by atoms with Gasteiger partial charge in [0.25, 0.3) is 0 Å². The fourth-order valence-electron chi connectivity index (χ4n) is 1.71. The van der Waals surface area contributed by atoms with E-state index in [2.05, 4.69) is 22.6 Å². The van der Waals surface area contributed by atoms with Crippen LogP contribution in [0.5, 0.6) is 5.75 Å². The minimum atomic E-state index is -0.0716. The van der Waals surface area contributed by atoms with Gasteiger partial charge in [-0.2, -0.15) is 0 Å². The number of carbonyl (C=O) groups excluding carboxylic acids is 1. The third-order valence-corrected chi connectivity index (χ3v) is 3.59. The van der Waals surface area contributed by atoms with Gasteiger partial charge < -0.3 is 9.64 Å². The van der Waals surface area contributed by atoms with Gasteiger partial charge in [0.15, 0.2) is 5.78 Å². The van der Waals surface area contributed by atoms with Crippen molar-refractivity contribution in [2.45, 2.75) is 26.9 Å². The summed E-state index contributed by atoms with van der Waals surface area (Å²) in [5.41, 5.74) is 1.15. The SMILES string of the molecule is CC(=CN(C)C)C(=O)c1cc(I)c(OC(C)C)cc1Cl. The molecule has 0 saturated carbocycles. The highest BCUT2D eigenvalue weighted by molar-refractivity contribution is 14.1. The van der Waals surface area contributed by atoms with Crippen LogP contribution in [0, 0.1) is 3.57 Å². The fraction of sp³-hybridized carbons (Fsp3) is 0.400. The summed E-state index contributed by atoms with van der Waals surface area (Å²) in [6, 6.07) is 3.48. The molecule has 0 amide bonds. The summed E-state index contributed by atoms with van der Waals surface area (Å²) in [7, 11) is 3.75. The van der Waals surface area contributed by atoms with Crippen LogP contribution in [0.2, 0.25) is 5.02 Å². The number of rotatable bonds is 5. The van der Waals surface area contributed by atoms with Gasteiger partial charge in [-0.25, -0.2) is 0 Å². The van der Waals surface area contributed by atoms with E-state index in [1.54, 1.807) is 25.3 Å². The van der Waals surface area contributed by atoms with Crippen LogP contribution < -0.4 is 4.74 Å². The van der Waals surface area contributed by atoms with E-state index in [1.807, 2.05) is 32.8 Å². The van der Waals surface area contributed by atoms with Crippen LogP contribution >= 0.6 is 34.2 Å². The van der Waals surface area contributed by atoms with Crippen LogP contribution in [0.4, 0.5) is 0 Å². The normalized spacial score (nSPS) is 11.7. The Balaban J connectivity index is 3.15. The van der Waals surface area contributed by atoms with Gasteiger partial charge >= 0.3 is 0 Å². The van der Waals surface area contributed by atoms with Gasteiger partial charge in [-0.3, -0.25) is 4.79 Å². The van der Waals surface area contributed by atoms with Crippen molar-refractivity contribution in [3.05, 3.63) is 38.1 Å². The van der Waals surface area contributed by atoms with Crippen LogP contribution in [0.15, 0.2) is 23.9 Å². The summed E-state index contributed by atoms with van der Waals surface area (Å²) in [6.45, 7) is 5.68. The minimum Gasteiger partial charge on any atom is -0.490 e. The zero-order valence-corrected chi connectivity index (χ0v) is 15.2. The van der Waals surface area contributed by atoms with Gasteiger partial charge in [0.05, 0.1) is 14.7 Å². The second-order valence-corrected chi connectivity index (χ2v) is 6.60. The molecule has 0 bridgehead atoms. The number of halogens is 2. The maximum atomic E-state index is 12.4. The summed E-state index contributed by atoms with van der Waals surface area (Å²) < 4.78 is 6.54. The van der Waals surface area contributed by atoms with Gasteiger partial charge in [-0.05, 0) is 49.4 Å². The molecule has 0 heterocycles. The topological polar surface area (TPSA) is 29.5 Å². The van der Waals surface area contributed by atoms with Crippen LogP contribution in [-0.4, -0.2) is 30.9 Å². The molecule has 1 aromatic carbocycles. The van der Waals surface area contributed by atoms with E-state index in [-0.39, 0.29) is 11.9 Å². The Labute approximate surface area is 139 Å². The number of Topliss-reactive ketones (excluding diaryl/α,β-unsaturated/α-hetero) is 1. The van der Waals surface area contributed by atoms with Crippen molar-refractivity contribution in [3.8, 4) is 5.75 Å². The lowest BCUT2D eigenvalue weighted by molar-refractivity contribution is 0.103. The maximum absolute atomic E-state index is 12.4. The first-order valence-corrected chi connectivity index (χ1v) is 7.73. The lowest BCUT2D eigenvalue weighted by Gasteiger charge is -2.14. The van der Waals surface area contributed by atoms with Gasteiger partial charge in [0.2, 0.25) is 0 Å². The van der Waals surface area contributed by atoms with Gasteiger partial charge in [-0.1, -0.05) is 11.6 Å². The van der Waals surface area contributed by atoms with Crippen LogP contribution in [0.25, 0.3) is 0 Å². The standard InChI is InChI=1S/C15H19ClINO2/c1-9(2)20-14-7-12(16)11(6-13(14)17)15(19)10(3)8-18(4)5/h6-9H,1-5H3. The Hall–Kier alpha value is -0.750. The molecule has 1 rings (SSSR count). The molecule has 0 radical (unpaired) electrons. The van der Waals surface area contributed by atoms with Crippen LogP contribution in [0.1, 0.15) is 31.1 Å². The number of hydrogen-bond acceptors (Lipinski definition) is 3. The predicted octanol–water partition coefficient (Wildman–Crippen LogP) is 4.38. The first-order valence-electron chi connectivity index (χ1n) is 6.27. The average Bonchev–Trinajstić information content (AvgIpc) is 2.31. The molecule has 3 nitrogen and oxygen atoms in total. The van der Waals surface area contributed by atoms with Crippen molar-refractivity contribution in [1.82, 2.24) is 4.90 Å². The second-order valence-electron chi connectivity index (χ2n) is 5.03. The van der Waals surface area contributed by atoms with E-state index < -0.39 is 0 Å². The Bertz CT molecular complexity index is 539. The van der Waals surface area contributed by atoms with E-state index in [0.29, 0.717) is 21.9 Å². The molecule has 0 spiro atoms. The first-order chi connectivity index (χ1) is 9.22. The van der Waals surface area contributed by atoms with Gasteiger partial charge in [-0.15, -0.1) is 0 Å². The molecule has 0 N–H and O–H groups in total. The minimum absolute atomic E-state index is 0.0662. The largest absolute Gasteiger partial charge is 0.490 e. The zero-order valence-electron chi connectivity index (χ0n) is 12.3. The first kappa shape index (κ1) is 17.3. The van der Waals surface area contributed by atoms with Crippen LogP contribution in [-0.2, 0) is 0 Å². The molecule has 5 heteroatoms. The van der Waals surface area contributed by atoms with Gasteiger partial charge in [0.1, 0.15) is 5.75 Å². The second kappa shape index (κ2) is 7.31. The molecule has 0 unspecified atom stereocenters. The summed E-state index contributed by atoms with van der Waals surface area (Å²) in [4.78, 5) is 14.2. The molecule has 0 atom stereocenters. The number of hydrogen-bond donors (Lipinski definition) is 0. The lowest BCUT2D eigenvalue weighted by Crippen LogP contribution is -2.10. The predicted molar refractivity (Wildman–Crippen MR) is 91.7 cm³/mol. The molecular weight excluding hydrogens is 389 g/mol. The molecule has 0 aliphatic heterocycles. The summed E-state index contributed by atoms with van der Waals surface area (Å²) in [6.07, 6.45) is 1.85. The third kappa shape index (κ3) is 4.66. The summed E-state index contributed by atoms with van der Waals surface area (Å²) in [5.74, 6) is 0.633. The van der Waals surface area contributed by atoms with Crippen molar-refractivity contribution < 1.29 is 9.53 Å². The monoisotopic (exact) mass is 407 g/mol. The number of ether oxygens (including phenoxy) is 1. The Morgan fingerprint density at radius 2 is 2.00 bits per heavy atom. The smallest absolute Gasteiger partial charge is 0.191 e. The number of allylic oxidation sites excluding steroid dienone is 1. The molecule has 110 valence electrons. The molecule has 0 fully saturated rings. The van der Waals surface area contributed by atoms with E-state index in [9.17, 15) is 4.79 Å². The molecule has 0 saturated heterocycles. The van der Waals surface area contributed by atoms with Crippen molar-refractivity contribution >= 4 is 40.0 Å². The third-order valence-electron chi connectivity index (χ3n) is 2.44. The van der Waals surface area contributed by atoms with E-state index in [1.165, 1.54) is 0 Å². The molecule has 1 aromatic rings. The molecule has 0 aliphatic carbocycles. The highest BCUT2D eigenvalue weighted by Gasteiger charge is 2.16. The molecule has 0 aromatic heterocycles. The number of ketones is 1. The lowest BCUT2D eigenvalue weighted by atomic mass is 10.1. The van der Waals surface area contributed by atoms with Crippen molar-refractivity contribution in [2.24, 2.45) is 0 Å². The number of nitrogens with zero attached hydrogens (tertiary/aromatic N) is 1. The van der Waals surface area contributed by atoms with Crippen molar-refractivity contribution in [3.63, 3.8) is 0 Å². The zero-order chi connectivity index (χ0) is 15.4. The summed E-state index contributed by atoms with van der Waals surface area (Å²) in [5, 5.41) is 0.414.